The highest BCUT2D eigenvalue weighted by Crippen LogP contribution is 2.28. The van der Waals surface area contributed by atoms with Crippen molar-refractivity contribution in [3.63, 3.8) is 0 Å². The van der Waals surface area contributed by atoms with E-state index in [1.165, 1.54) is 7.11 Å². The molecule has 1 aromatic heterocycles. The first-order valence-corrected chi connectivity index (χ1v) is 4.66. The molecule has 0 unspecified atom stereocenters. The summed E-state index contributed by atoms with van der Waals surface area (Å²) < 4.78 is 6.69. The summed E-state index contributed by atoms with van der Waals surface area (Å²) in [6.07, 6.45) is 0. The third kappa shape index (κ3) is 1.95. The lowest BCUT2D eigenvalue weighted by atomic mass is 10.1. The van der Waals surface area contributed by atoms with Gasteiger partial charge in [0.1, 0.15) is 5.56 Å². The summed E-state index contributed by atoms with van der Waals surface area (Å²) in [4.78, 5) is 11.0. The number of carboxylic acid groups (broad SMARTS) is 1. The highest BCUT2D eigenvalue weighted by Gasteiger charge is 2.27. The van der Waals surface area contributed by atoms with E-state index in [1.54, 1.807) is 11.6 Å². The van der Waals surface area contributed by atoms with Crippen molar-refractivity contribution in [2.45, 2.75) is 33.2 Å². The minimum absolute atomic E-state index is 0.132. The first-order valence-electron chi connectivity index (χ1n) is 4.66. The molecule has 0 fully saturated rings. The maximum atomic E-state index is 11.0. The molecule has 1 aromatic rings. The fourth-order valence-electron chi connectivity index (χ4n) is 1.40. The monoisotopic (exact) mass is 212 g/mol. The Labute approximate surface area is 88.7 Å². The molecule has 1 heterocycles. The first-order chi connectivity index (χ1) is 6.79. The Morgan fingerprint density at radius 3 is 2.33 bits per heavy atom. The molecule has 0 saturated carbocycles. The van der Waals surface area contributed by atoms with Gasteiger partial charge in [0.15, 0.2) is 0 Å². The lowest BCUT2D eigenvalue weighted by Gasteiger charge is -2.21. The number of aryl methyl sites for hydroxylation is 1. The maximum absolute atomic E-state index is 11.0. The molecule has 5 heteroatoms. The van der Waals surface area contributed by atoms with Gasteiger partial charge in [0.2, 0.25) is 5.88 Å². The second kappa shape index (κ2) is 3.56. The Kier molecular flexibility index (Phi) is 2.75. The zero-order valence-corrected chi connectivity index (χ0v) is 9.66. The smallest absolute Gasteiger partial charge is 0.343 e. The summed E-state index contributed by atoms with van der Waals surface area (Å²) in [5.74, 6) is -0.715. The highest BCUT2D eigenvalue weighted by atomic mass is 16.5. The maximum Gasteiger partial charge on any atom is 0.343 e. The van der Waals surface area contributed by atoms with Gasteiger partial charge in [0, 0.05) is 0 Å². The Morgan fingerprint density at radius 2 is 2.00 bits per heavy atom. The van der Waals surface area contributed by atoms with Gasteiger partial charge in [0.25, 0.3) is 0 Å². The van der Waals surface area contributed by atoms with Crippen LogP contribution in [0, 0.1) is 6.92 Å². The molecule has 1 N–H and O–H groups in total. The molecule has 0 bridgehead atoms. The van der Waals surface area contributed by atoms with E-state index in [2.05, 4.69) is 5.10 Å². The van der Waals surface area contributed by atoms with Gasteiger partial charge in [-0.15, -0.1) is 0 Å². The fourth-order valence-corrected chi connectivity index (χ4v) is 1.40. The van der Waals surface area contributed by atoms with Crippen LogP contribution < -0.4 is 4.74 Å². The van der Waals surface area contributed by atoms with Crippen molar-refractivity contribution in [1.82, 2.24) is 9.78 Å². The zero-order chi connectivity index (χ0) is 11.8. The van der Waals surface area contributed by atoms with Crippen molar-refractivity contribution in [1.29, 1.82) is 0 Å². The topological polar surface area (TPSA) is 64.3 Å². The van der Waals surface area contributed by atoms with Gasteiger partial charge in [-0.2, -0.15) is 5.10 Å². The number of nitrogens with zero attached hydrogens (tertiary/aromatic N) is 2. The van der Waals surface area contributed by atoms with Crippen molar-refractivity contribution in [2.24, 2.45) is 0 Å². The van der Waals surface area contributed by atoms with Crippen LogP contribution in [-0.2, 0) is 5.54 Å². The van der Waals surface area contributed by atoms with Gasteiger partial charge in [-0.25, -0.2) is 9.48 Å². The molecular weight excluding hydrogens is 196 g/mol. The molecule has 0 aliphatic heterocycles. The molecule has 0 aromatic carbocycles. The SMILES string of the molecule is COc1c(C(=O)O)c(C)nn1C(C)(C)C. The summed E-state index contributed by atoms with van der Waals surface area (Å²) in [6, 6.07) is 0. The zero-order valence-electron chi connectivity index (χ0n) is 9.66. The first kappa shape index (κ1) is 11.6. The van der Waals surface area contributed by atoms with Crippen molar-refractivity contribution < 1.29 is 14.6 Å². The van der Waals surface area contributed by atoms with Gasteiger partial charge < -0.3 is 9.84 Å². The molecule has 5 nitrogen and oxygen atoms in total. The van der Waals surface area contributed by atoms with Crippen LogP contribution in [0.4, 0.5) is 0 Å². The van der Waals surface area contributed by atoms with E-state index in [-0.39, 0.29) is 11.1 Å². The Hall–Kier alpha value is -1.52. The average molecular weight is 212 g/mol. The Morgan fingerprint density at radius 1 is 1.47 bits per heavy atom. The van der Waals surface area contributed by atoms with Crippen LogP contribution >= 0.6 is 0 Å². The minimum Gasteiger partial charge on any atom is -0.481 e. The van der Waals surface area contributed by atoms with Gasteiger partial charge in [-0.05, 0) is 27.7 Å². The standard InChI is InChI=1S/C10H16N2O3/c1-6-7(9(13)14)8(15-5)12(11-6)10(2,3)4/h1-5H3,(H,13,14). The Bertz CT molecular complexity index is 388. The van der Waals surface area contributed by atoms with Crippen LogP contribution in [0.2, 0.25) is 0 Å². The van der Waals surface area contributed by atoms with Crippen molar-refractivity contribution >= 4 is 5.97 Å². The second-order valence-electron chi connectivity index (χ2n) is 4.36. The van der Waals surface area contributed by atoms with E-state index in [1.807, 2.05) is 20.8 Å². The minimum atomic E-state index is -1.01. The molecule has 0 spiro atoms. The molecule has 0 aliphatic carbocycles. The summed E-state index contributed by atoms with van der Waals surface area (Å²) >= 11 is 0. The normalized spacial score (nSPS) is 11.5. The van der Waals surface area contributed by atoms with Gasteiger partial charge >= 0.3 is 5.97 Å². The number of carboxylic acids is 1. The third-order valence-electron chi connectivity index (χ3n) is 2.06. The van der Waals surface area contributed by atoms with E-state index < -0.39 is 5.97 Å². The number of ether oxygens (including phenoxy) is 1. The molecule has 15 heavy (non-hydrogen) atoms. The highest BCUT2D eigenvalue weighted by molar-refractivity contribution is 5.91. The third-order valence-corrected chi connectivity index (χ3v) is 2.06. The molecule has 1 rings (SSSR count). The van der Waals surface area contributed by atoms with Gasteiger partial charge in [-0.3, -0.25) is 0 Å². The number of rotatable bonds is 2. The second-order valence-corrected chi connectivity index (χ2v) is 4.36. The van der Waals surface area contributed by atoms with E-state index in [9.17, 15) is 4.79 Å². The molecule has 0 amide bonds. The lowest BCUT2D eigenvalue weighted by molar-refractivity contribution is 0.0691. The van der Waals surface area contributed by atoms with Crippen molar-refractivity contribution in [2.75, 3.05) is 7.11 Å². The van der Waals surface area contributed by atoms with Crippen LogP contribution in [0.3, 0.4) is 0 Å². The average Bonchev–Trinajstić information content (AvgIpc) is 2.41. The van der Waals surface area contributed by atoms with Gasteiger partial charge in [-0.1, -0.05) is 0 Å². The molecule has 0 atom stereocenters. The number of carbonyl (C=O) groups is 1. The number of hydrogen-bond acceptors (Lipinski definition) is 3. The van der Waals surface area contributed by atoms with Crippen molar-refractivity contribution in [3.05, 3.63) is 11.3 Å². The lowest BCUT2D eigenvalue weighted by Crippen LogP contribution is -2.24. The van der Waals surface area contributed by atoms with E-state index in [4.69, 9.17) is 9.84 Å². The van der Waals surface area contributed by atoms with Crippen LogP contribution in [-0.4, -0.2) is 28.0 Å². The van der Waals surface area contributed by atoms with Crippen LogP contribution in [0.5, 0.6) is 5.88 Å². The Balaban J connectivity index is 3.45. The molecule has 0 saturated heterocycles. The van der Waals surface area contributed by atoms with Crippen LogP contribution in [0.1, 0.15) is 36.8 Å². The summed E-state index contributed by atoms with van der Waals surface area (Å²) in [5.41, 5.74) is 0.297. The molecule has 84 valence electrons. The molecular formula is C10H16N2O3. The number of methoxy groups -OCH3 is 1. The fraction of sp³-hybridized carbons (Fsp3) is 0.600. The summed E-state index contributed by atoms with van der Waals surface area (Å²) in [7, 11) is 1.45. The van der Waals surface area contributed by atoms with E-state index in [0.29, 0.717) is 11.6 Å². The number of aromatic nitrogens is 2. The quantitative estimate of drug-likeness (QED) is 0.809. The summed E-state index contributed by atoms with van der Waals surface area (Å²) in [5, 5.41) is 13.2. The molecule has 0 radical (unpaired) electrons. The molecule has 0 aliphatic rings. The van der Waals surface area contributed by atoms with Gasteiger partial charge in [0.05, 0.1) is 18.3 Å². The largest absolute Gasteiger partial charge is 0.481 e. The number of hydrogen-bond donors (Lipinski definition) is 1. The van der Waals surface area contributed by atoms with Crippen LogP contribution in [0.25, 0.3) is 0 Å². The predicted molar refractivity (Wildman–Crippen MR) is 55.5 cm³/mol. The predicted octanol–water partition coefficient (Wildman–Crippen LogP) is 1.65. The number of aromatic carboxylic acids is 1. The van der Waals surface area contributed by atoms with E-state index >= 15 is 0 Å². The summed E-state index contributed by atoms with van der Waals surface area (Å²) in [6.45, 7) is 7.48. The van der Waals surface area contributed by atoms with E-state index in [0.717, 1.165) is 0 Å². The van der Waals surface area contributed by atoms with Crippen molar-refractivity contribution in [3.8, 4) is 5.88 Å². The van der Waals surface area contributed by atoms with Crippen LogP contribution in [0.15, 0.2) is 0 Å².